The second-order valence-corrected chi connectivity index (χ2v) is 3.50. The predicted molar refractivity (Wildman–Crippen MR) is 54.9 cm³/mol. The summed E-state index contributed by atoms with van der Waals surface area (Å²) in [6, 6.07) is 2.73. The van der Waals surface area contributed by atoms with Crippen molar-refractivity contribution in [3.63, 3.8) is 0 Å². The van der Waals surface area contributed by atoms with Crippen molar-refractivity contribution in [1.82, 2.24) is 0 Å². The third-order valence-corrected chi connectivity index (χ3v) is 2.35. The largest absolute Gasteiger partial charge is 0.396 e. The number of anilines is 1. The van der Waals surface area contributed by atoms with Crippen molar-refractivity contribution in [3.8, 4) is 0 Å². The molecule has 0 aliphatic heterocycles. The molecule has 0 saturated carbocycles. The first-order valence-electron chi connectivity index (χ1n) is 3.67. The normalized spacial score (nSPS) is 12.9. The summed E-state index contributed by atoms with van der Waals surface area (Å²) in [6.45, 7) is -0.156. The highest BCUT2D eigenvalue weighted by atomic mass is 35.5. The molecule has 3 nitrogen and oxygen atoms in total. The minimum absolute atomic E-state index is 0.156. The number of hydrogen-bond acceptors (Lipinski definition) is 3. The van der Waals surface area contributed by atoms with Gasteiger partial charge >= 0.3 is 0 Å². The molecule has 0 aliphatic carbocycles. The lowest BCUT2D eigenvalue weighted by Crippen LogP contribution is -2.14. The highest BCUT2D eigenvalue weighted by Crippen LogP contribution is 2.30. The lowest BCUT2D eigenvalue weighted by atomic mass is 10.1. The Balaban J connectivity index is 3.13. The zero-order chi connectivity index (χ0) is 10.0. The van der Waals surface area contributed by atoms with Crippen LogP contribution < -0.4 is 11.5 Å². The number of halogens is 2. The smallest absolute Gasteiger partial charge is 0.0693 e. The van der Waals surface area contributed by atoms with Crippen molar-refractivity contribution >= 4 is 28.9 Å². The number of benzene rings is 1. The molecular formula is C8H10Cl2N2O. The average Bonchev–Trinajstić information content (AvgIpc) is 2.12. The first kappa shape index (κ1) is 10.6. The van der Waals surface area contributed by atoms with Gasteiger partial charge in [0.1, 0.15) is 0 Å². The van der Waals surface area contributed by atoms with Gasteiger partial charge in [0.05, 0.1) is 28.4 Å². The topological polar surface area (TPSA) is 72.3 Å². The van der Waals surface area contributed by atoms with Crippen molar-refractivity contribution in [2.45, 2.75) is 6.04 Å². The lowest BCUT2D eigenvalue weighted by Gasteiger charge is -2.10. The summed E-state index contributed by atoms with van der Waals surface area (Å²) in [5.74, 6) is 0. The van der Waals surface area contributed by atoms with Crippen LogP contribution >= 0.6 is 23.2 Å². The molecule has 0 radical (unpaired) electrons. The first-order valence-corrected chi connectivity index (χ1v) is 4.42. The van der Waals surface area contributed by atoms with E-state index in [9.17, 15) is 0 Å². The molecule has 72 valence electrons. The number of aliphatic hydroxyl groups is 1. The molecule has 0 amide bonds. The molecule has 1 atom stereocenters. The Bertz CT molecular complexity index is 294. The first-order chi connectivity index (χ1) is 6.06. The Kier molecular flexibility index (Phi) is 3.39. The maximum absolute atomic E-state index is 8.80. The second kappa shape index (κ2) is 4.15. The quantitative estimate of drug-likeness (QED) is 0.663. The molecule has 1 aromatic carbocycles. The monoisotopic (exact) mass is 220 g/mol. The van der Waals surface area contributed by atoms with E-state index in [-0.39, 0.29) is 6.61 Å². The minimum atomic E-state index is -0.476. The number of hydrogen-bond donors (Lipinski definition) is 3. The summed E-state index contributed by atoms with van der Waals surface area (Å²) in [5.41, 5.74) is 12.1. The van der Waals surface area contributed by atoms with Gasteiger partial charge in [0, 0.05) is 0 Å². The van der Waals surface area contributed by atoms with Crippen LogP contribution in [0.2, 0.25) is 10.0 Å². The Hall–Kier alpha value is -0.480. The molecule has 0 saturated heterocycles. The fourth-order valence-corrected chi connectivity index (χ4v) is 1.43. The van der Waals surface area contributed by atoms with E-state index in [0.717, 1.165) is 0 Å². The molecule has 0 heterocycles. The van der Waals surface area contributed by atoms with E-state index < -0.39 is 6.04 Å². The summed E-state index contributed by atoms with van der Waals surface area (Å²) in [6.07, 6.45) is 0. The summed E-state index contributed by atoms with van der Waals surface area (Å²) < 4.78 is 0. The standard InChI is InChI=1S/C8H10Cl2N2O/c9-5-1-4(7(11)3-13)2-6(10)8(5)12/h1-2,7,13H,3,11-12H2. The second-order valence-electron chi connectivity index (χ2n) is 2.69. The van der Waals surface area contributed by atoms with E-state index in [1.807, 2.05) is 0 Å². The highest BCUT2D eigenvalue weighted by Gasteiger charge is 2.09. The molecule has 1 unspecified atom stereocenters. The molecule has 1 rings (SSSR count). The molecule has 0 fully saturated rings. The number of nitrogens with two attached hydrogens (primary N) is 2. The van der Waals surface area contributed by atoms with Gasteiger partial charge in [-0.25, -0.2) is 0 Å². The van der Waals surface area contributed by atoms with Crippen LogP contribution in [0, 0.1) is 0 Å². The molecule has 0 bridgehead atoms. The van der Waals surface area contributed by atoms with Gasteiger partial charge in [-0.2, -0.15) is 0 Å². The van der Waals surface area contributed by atoms with Crippen molar-refractivity contribution in [3.05, 3.63) is 27.7 Å². The Morgan fingerprint density at radius 1 is 1.31 bits per heavy atom. The van der Waals surface area contributed by atoms with Crippen LogP contribution in [0.1, 0.15) is 11.6 Å². The Labute approximate surface area is 86.2 Å². The van der Waals surface area contributed by atoms with Gasteiger partial charge in [-0.1, -0.05) is 23.2 Å². The lowest BCUT2D eigenvalue weighted by molar-refractivity contribution is 0.268. The zero-order valence-electron chi connectivity index (χ0n) is 6.80. The molecule has 13 heavy (non-hydrogen) atoms. The van der Waals surface area contributed by atoms with Crippen LogP contribution in [0.5, 0.6) is 0 Å². The molecule has 5 heteroatoms. The molecule has 0 spiro atoms. The summed E-state index contributed by atoms with van der Waals surface area (Å²) in [7, 11) is 0. The molecule has 1 aromatic rings. The fourth-order valence-electron chi connectivity index (χ4n) is 0.923. The van der Waals surface area contributed by atoms with Crippen molar-refractivity contribution in [1.29, 1.82) is 0 Å². The minimum Gasteiger partial charge on any atom is -0.396 e. The maximum atomic E-state index is 8.80. The Morgan fingerprint density at radius 3 is 2.15 bits per heavy atom. The molecular weight excluding hydrogens is 211 g/mol. The van der Waals surface area contributed by atoms with Gasteiger partial charge in [0.15, 0.2) is 0 Å². The summed E-state index contributed by atoms with van der Waals surface area (Å²) in [5, 5.41) is 9.50. The van der Waals surface area contributed by atoms with Crippen molar-refractivity contribution in [2.75, 3.05) is 12.3 Å². The summed E-state index contributed by atoms with van der Waals surface area (Å²) >= 11 is 11.5. The highest BCUT2D eigenvalue weighted by molar-refractivity contribution is 6.38. The van der Waals surface area contributed by atoms with Crippen LogP contribution in [-0.4, -0.2) is 11.7 Å². The van der Waals surface area contributed by atoms with Gasteiger partial charge in [0.2, 0.25) is 0 Å². The molecule has 5 N–H and O–H groups in total. The SMILES string of the molecule is Nc1c(Cl)cc(C(N)CO)cc1Cl. The summed E-state index contributed by atoms with van der Waals surface area (Å²) in [4.78, 5) is 0. The third-order valence-electron chi connectivity index (χ3n) is 1.73. The van der Waals surface area contributed by atoms with E-state index in [4.69, 9.17) is 39.8 Å². The van der Waals surface area contributed by atoms with Gasteiger partial charge in [-0.05, 0) is 17.7 Å². The van der Waals surface area contributed by atoms with Crippen LogP contribution in [-0.2, 0) is 0 Å². The molecule has 0 aromatic heterocycles. The predicted octanol–water partition coefficient (Wildman–Crippen LogP) is 1.57. The number of rotatable bonds is 2. The van der Waals surface area contributed by atoms with E-state index >= 15 is 0 Å². The van der Waals surface area contributed by atoms with Crippen molar-refractivity contribution in [2.24, 2.45) is 5.73 Å². The van der Waals surface area contributed by atoms with Gasteiger partial charge < -0.3 is 16.6 Å². The van der Waals surface area contributed by atoms with Crippen LogP contribution in [0.15, 0.2) is 12.1 Å². The van der Waals surface area contributed by atoms with Crippen LogP contribution in [0.25, 0.3) is 0 Å². The van der Waals surface area contributed by atoms with Gasteiger partial charge in [-0.15, -0.1) is 0 Å². The third kappa shape index (κ3) is 2.25. The Morgan fingerprint density at radius 2 is 1.77 bits per heavy atom. The maximum Gasteiger partial charge on any atom is 0.0693 e. The van der Waals surface area contributed by atoms with Gasteiger partial charge in [-0.3, -0.25) is 0 Å². The van der Waals surface area contributed by atoms with E-state index in [2.05, 4.69) is 0 Å². The van der Waals surface area contributed by atoms with Crippen LogP contribution in [0.4, 0.5) is 5.69 Å². The van der Waals surface area contributed by atoms with E-state index in [0.29, 0.717) is 21.3 Å². The van der Waals surface area contributed by atoms with Gasteiger partial charge in [0.25, 0.3) is 0 Å². The fraction of sp³-hybridized carbons (Fsp3) is 0.250. The van der Waals surface area contributed by atoms with Crippen LogP contribution in [0.3, 0.4) is 0 Å². The number of aliphatic hydroxyl groups excluding tert-OH is 1. The number of nitrogen functional groups attached to an aromatic ring is 1. The average molecular weight is 221 g/mol. The van der Waals surface area contributed by atoms with Crippen molar-refractivity contribution < 1.29 is 5.11 Å². The van der Waals surface area contributed by atoms with E-state index in [1.165, 1.54) is 0 Å². The molecule has 0 aliphatic rings. The van der Waals surface area contributed by atoms with E-state index in [1.54, 1.807) is 12.1 Å². The zero-order valence-corrected chi connectivity index (χ0v) is 8.31.